The lowest BCUT2D eigenvalue weighted by Crippen LogP contribution is -2.53. The second-order valence-corrected chi connectivity index (χ2v) is 15.0. The number of rotatable bonds is 14. The Morgan fingerprint density at radius 1 is 0.870 bits per heavy atom. The smallest absolute Gasteiger partial charge is 0.306 e. The summed E-state index contributed by atoms with van der Waals surface area (Å²) in [6.07, 6.45) is 11.3. The minimum atomic E-state index is -0.905. The van der Waals surface area contributed by atoms with Crippen molar-refractivity contribution in [3.63, 3.8) is 0 Å². The quantitative estimate of drug-likeness (QED) is 0.136. The first-order chi connectivity index (χ1) is 22.2. The summed E-state index contributed by atoms with van der Waals surface area (Å²) in [5, 5.41) is -0.687. The number of carbonyl (C=O) groups excluding carboxylic acids is 2. The zero-order valence-corrected chi connectivity index (χ0v) is 28.0. The third-order valence-electron chi connectivity index (χ3n) is 11.5. The van der Waals surface area contributed by atoms with E-state index in [1.165, 1.54) is 19.3 Å². The van der Waals surface area contributed by atoms with Gasteiger partial charge in [-0.25, -0.2) is 0 Å². The Morgan fingerprint density at radius 3 is 1.96 bits per heavy atom. The van der Waals surface area contributed by atoms with Crippen LogP contribution in [0.5, 0.6) is 0 Å². The zero-order chi connectivity index (χ0) is 32.2. The van der Waals surface area contributed by atoms with Crippen LogP contribution in [-0.4, -0.2) is 37.1 Å². The van der Waals surface area contributed by atoms with E-state index in [1.54, 1.807) is 0 Å². The van der Waals surface area contributed by atoms with Crippen LogP contribution in [0.25, 0.3) is 0 Å². The molecule has 0 spiro atoms. The van der Waals surface area contributed by atoms with Gasteiger partial charge in [0, 0.05) is 23.6 Å². The highest BCUT2D eigenvalue weighted by Crippen LogP contribution is 2.58. The fraction of sp³-hybridized carbons (Fsp3) is 0.513. The molecule has 4 aliphatic carbocycles. The van der Waals surface area contributed by atoms with E-state index < -0.39 is 10.9 Å². The number of carbonyl (C=O) groups is 2. The minimum Gasteiger partial charge on any atom is -0.459 e. The third-order valence-corrected chi connectivity index (χ3v) is 11.5. The molecular weight excluding hydrogens is 568 g/mol. The third kappa shape index (κ3) is 7.14. The maximum Gasteiger partial charge on any atom is 0.306 e. The molecule has 1 heterocycles. The summed E-state index contributed by atoms with van der Waals surface area (Å²) in [6, 6.07) is 25.9. The van der Waals surface area contributed by atoms with E-state index in [2.05, 4.69) is 24.9 Å². The Bertz CT molecular complexity index is 1390. The first-order valence-electron chi connectivity index (χ1n) is 17.7. The predicted octanol–water partition coefficient (Wildman–Crippen LogP) is 7.83. The maximum absolute atomic E-state index is 14.3. The highest BCUT2D eigenvalue weighted by atomic mass is 16.6. The van der Waals surface area contributed by atoms with Crippen molar-refractivity contribution in [2.24, 2.45) is 17.8 Å². The van der Waals surface area contributed by atoms with Gasteiger partial charge in [-0.2, -0.15) is 0 Å². The molecule has 3 aromatic rings. The van der Waals surface area contributed by atoms with Gasteiger partial charge in [-0.1, -0.05) is 99.6 Å². The van der Waals surface area contributed by atoms with Crippen molar-refractivity contribution in [3.05, 3.63) is 102 Å². The minimum absolute atomic E-state index is 0.0721. The molecule has 7 heteroatoms. The predicted molar refractivity (Wildman–Crippen MR) is 187 cm³/mol. The molecule has 0 amide bonds. The number of esters is 2. The van der Waals surface area contributed by atoms with Gasteiger partial charge in [-0.3, -0.25) is 14.6 Å². The first-order valence-corrected chi connectivity index (χ1v) is 17.7. The van der Waals surface area contributed by atoms with Crippen LogP contribution >= 0.6 is 0 Å². The molecule has 2 atom stereocenters. The van der Waals surface area contributed by atoms with Crippen molar-refractivity contribution < 1.29 is 19.1 Å². The summed E-state index contributed by atoms with van der Waals surface area (Å²) in [7, 11) is 1.43. The van der Waals surface area contributed by atoms with Crippen molar-refractivity contribution in [2.45, 2.75) is 107 Å². The van der Waals surface area contributed by atoms with E-state index in [1.807, 2.05) is 85.9 Å². The number of aromatic nitrogens is 1. The van der Waals surface area contributed by atoms with Crippen molar-refractivity contribution in [2.75, 3.05) is 0 Å². The largest absolute Gasteiger partial charge is 0.459 e. The molecule has 4 saturated carbocycles. The Balaban J connectivity index is 1.16. The van der Waals surface area contributed by atoms with Gasteiger partial charge >= 0.3 is 11.9 Å². The van der Waals surface area contributed by atoms with E-state index in [9.17, 15) is 9.59 Å². The molecule has 0 saturated heterocycles. The van der Waals surface area contributed by atoms with E-state index in [0.717, 1.165) is 49.8 Å². The van der Waals surface area contributed by atoms with E-state index in [-0.39, 0.29) is 29.8 Å². The number of pyridine rings is 1. The summed E-state index contributed by atoms with van der Waals surface area (Å²) in [4.78, 5) is 32.5. The average Bonchev–Trinajstić information content (AvgIpc) is 3.05. The Kier molecular flexibility index (Phi) is 9.77. The average molecular weight is 617 g/mol. The van der Waals surface area contributed by atoms with Crippen LogP contribution in [0.15, 0.2) is 85.1 Å². The van der Waals surface area contributed by atoms with Gasteiger partial charge in [0.1, 0.15) is 20.2 Å². The van der Waals surface area contributed by atoms with E-state index >= 15 is 0 Å². The molecule has 240 valence electrons. The van der Waals surface area contributed by atoms with E-state index in [4.69, 9.17) is 9.47 Å². The van der Waals surface area contributed by atoms with Crippen LogP contribution in [0, 0.1) is 17.8 Å². The lowest BCUT2D eigenvalue weighted by Gasteiger charge is -2.56. The standard InChI is InChI=1S/C39H49B2NO4/c1-4-33(34-17-11-12-20-42-34)40-27-37(2,36(44)46-39-24-28-21-29(25-39)23-30(22-28)26-39)41-19-18-35(43)45-38(3,31-13-7-5-8-14-31)32-15-9-6-10-16-32/h5-17,20,28-30,33,40-41H,4,18-19,21-27H2,1-3H3. The maximum atomic E-state index is 14.3. The van der Waals surface area contributed by atoms with Crippen LogP contribution < -0.4 is 0 Å². The topological polar surface area (TPSA) is 65.5 Å². The molecule has 0 aliphatic heterocycles. The van der Waals surface area contributed by atoms with Gasteiger partial charge in [0.25, 0.3) is 0 Å². The second kappa shape index (κ2) is 13.8. The normalized spacial score (nSPS) is 25.2. The van der Waals surface area contributed by atoms with Crippen molar-refractivity contribution in [1.82, 2.24) is 4.98 Å². The lowest BCUT2D eigenvalue weighted by molar-refractivity contribution is -0.189. The summed E-state index contributed by atoms with van der Waals surface area (Å²) >= 11 is 0. The summed E-state index contributed by atoms with van der Waals surface area (Å²) in [5.41, 5.74) is 1.74. The Hall–Kier alpha value is -3.34. The van der Waals surface area contributed by atoms with Gasteiger partial charge in [0.2, 0.25) is 0 Å². The number of hydrogen-bond donors (Lipinski definition) is 0. The first kappa shape index (κ1) is 32.6. The van der Waals surface area contributed by atoms with E-state index in [0.29, 0.717) is 37.7 Å². The number of nitrogens with zero attached hydrogens (tertiary/aromatic N) is 1. The van der Waals surface area contributed by atoms with Crippen LogP contribution in [0.1, 0.15) is 94.8 Å². The monoisotopic (exact) mass is 617 g/mol. The molecule has 4 bridgehead atoms. The van der Waals surface area contributed by atoms with Gasteiger partial charge < -0.3 is 9.47 Å². The Labute approximate surface area is 276 Å². The number of hydrogen-bond acceptors (Lipinski definition) is 5. The van der Waals surface area contributed by atoms with Gasteiger partial charge in [0.15, 0.2) is 5.60 Å². The molecule has 1 aromatic heterocycles. The highest BCUT2D eigenvalue weighted by Gasteiger charge is 2.54. The van der Waals surface area contributed by atoms with Crippen molar-refractivity contribution in [3.8, 4) is 0 Å². The van der Waals surface area contributed by atoms with Crippen LogP contribution in [0.2, 0.25) is 18.0 Å². The molecule has 5 nitrogen and oxygen atoms in total. The molecule has 2 aromatic carbocycles. The molecular formula is C39H49B2NO4. The summed E-state index contributed by atoms with van der Waals surface area (Å²) in [6.45, 7) is 6.23. The van der Waals surface area contributed by atoms with Crippen LogP contribution in [0.3, 0.4) is 0 Å². The highest BCUT2D eigenvalue weighted by molar-refractivity contribution is 6.51. The molecule has 0 N–H and O–H groups in total. The number of benzene rings is 2. The number of ether oxygens (including phenoxy) is 2. The lowest BCUT2D eigenvalue weighted by atomic mass is 9.41. The van der Waals surface area contributed by atoms with Crippen LogP contribution in [-0.2, 0) is 24.7 Å². The fourth-order valence-electron chi connectivity index (χ4n) is 9.18. The summed E-state index contributed by atoms with van der Waals surface area (Å²) < 4.78 is 13.0. The zero-order valence-electron chi connectivity index (χ0n) is 28.0. The van der Waals surface area contributed by atoms with Gasteiger partial charge in [0.05, 0.1) is 0 Å². The Morgan fingerprint density at radius 2 is 1.43 bits per heavy atom. The molecule has 46 heavy (non-hydrogen) atoms. The second-order valence-electron chi connectivity index (χ2n) is 15.0. The van der Waals surface area contributed by atoms with Crippen molar-refractivity contribution in [1.29, 1.82) is 0 Å². The fourth-order valence-corrected chi connectivity index (χ4v) is 9.18. The van der Waals surface area contributed by atoms with Crippen LogP contribution in [0.4, 0.5) is 0 Å². The molecule has 7 rings (SSSR count). The molecule has 4 fully saturated rings. The molecule has 0 radical (unpaired) electrons. The van der Waals surface area contributed by atoms with Gasteiger partial charge in [-0.15, -0.1) is 0 Å². The molecule has 4 aliphatic rings. The molecule has 2 unspecified atom stereocenters. The van der Waals surface area contributed by atoms with Gasteiger partial charge in [-0.05, 0) is 92.3 Å². The van der Waals surface area contributed by atoms with Crippen molar-refractivity contribution >= 4 is 26.5 Å². The SMILES string of the molecule is CCC(BCC(C)(BCCC(=O)OC(C)(c1ccccc1)c1ccccc1)C(=O)OC12CC3CC(CC(C3)C1)C2)c1ccccn1. The summed E-state index contributed by atoms with van der Waals surface area (Å²) in [5.74, 6) is 2.06.